The van der Waals surface area contributed by atoms with Crippen LogP contribution in [-0.2, 0) is 29.1 Å². The Bertz CT molecular complexity index is 1310. The van der Waals surface area contributed by atoms with E-state index in [4.69, 9.17) is 4.74 Å². The van der Waals surface area contributed by atoms with Crippen molar-refractivity contribution in [3.8, 4) is 0 Å². The number of ether oxygens (including phenoxy) is 2. The Morgan fingerprint density at radius 3 is 2.38 bits per heavy atom. The maximum Gasteiger partial charge on any atom is 0.339 e. The van der Waals surface area contributed by atoms with Gasteiger partial charge in [0, 0.05) is 13.0 Å². The molecule has 10 heteroatoms. The Hall–Kier alpha value is -3.76. The molecule has 0 aromatic heterocycles. The third-order valence-corrected chi connectivity index (χ3v) is 6.31. The van der Waals surface area contributed by atoms with E-state index in [1.807, 2.05) is 24.3 Å². The zero-order valence-electron chi connectivity index (χ0n) is 18.4. The van der Waals surface area contributed by atoms with E-state index < -0.39 is 34.5 Å². The van der Waals surface area contributed by atoms with Crippen molar-refractivity contribution in [2.24, 2.45) is 0 Å². The number of fused-ring (bicyclic) bond motifs is 1. The van der Waals surface area contributed by atoms with Crippen molar-refractivity contribution in [2.75, 3.05) is 25.6 Å². The molecule has 0 aliphatic heterocycles. The number of amides is 1. The zero-order chi connectivity index (χ0) is 24.6. The van der Waals surface area contributed by atoms with Gasteiger partial charge in [-0.25, -0.2) is 17.9 Å². The minimum absolute atomic E-state index is 0.0307. The first kappa shape index (κ1) is 24.9. The maximum atomic E-state index is 12.5. The molecular weight excluding hydrogens is 460 g/mol. The van der Waals surface area contributed by atoms with Crippen LogP contribution >= 0.6 is 0 Å². The molecule has 0 atom stereocenters. The summed E-state index contributed by atoms with van der Waals surface area (Å²) in [7, 11) is -2.50. The van der Waals surface area contributed by atoms with E-state index in [1.54, 1.807) is 24.3 Å². The van der Waals surface area contributed by atoms with E-state index in [-0.39, 0.29) is 35.5 Å². The van der Waals surface area contributed by atoms with Crippen molar-refractivity contribution in [3.63, 3.8) is 0 Å². The SMILES string of the molecule is COC(=O)c1ccccc1NC(=O)COC(=O)CCCNS(=O)(=O)c1ccc2ccccc2c1. The van der Waals surface area contributed by atoms with Gasteiger partial charge in [-0.1, -0.05) is 42.5 Å². The number of hydrogen-bond acceptors (Lipinski definition) is 7. The third-order valence-electron chi connectivity index (χ3n) is 4.85. The number of esters is 2. The number of carbonyl (C=O) groups excluding carboxylic acids is 3. The number of anilines is 1. The van der Waals surface area contributed by atoms with Crippen molar-refractivity contribution >= 4 is 44.3 Å². The summed E-state index contributed by atoms with van der Waals surface area (Å²) in [5.41, 5.74) is 0.405. The second-order valence-corrected chi connectivity index (χ2v) is 9.02. The molecule has 0 fully saturated rings. The number of carbonyl (C=O) groups is 3. The van der Waals surface area contributed by atoms with Crippen LogP contribution in [-0.4, -0.2) is 46.5 Å². The molecule has 34 heavy (non-hydrogen) atoms. The molecule has 0 unspecified atom stereocenters. The highest BCUT2D eigenvalue weighted by atomic mass is 32.2. The molecular formula is C24H24N2O7S. The number of sulfonamides is 1. The van der Waals surface area contributed by atoms with E-state index in [9.17, 15) is 22.8 Å². The van der Waals surface area contributed by atoms with Crippen LogP contribution < -0.4 is 10.0 Å². The molecule has 1 amide bonds. The van der Waals surface area contributed by atoms with Crippen molar-refractivity contribution in [1.29, 1.82) is 0 Å². The van der Waals surface area contributed by atoms with Crippen molar-refractivity contribution in [2.45, 2.75) is 17.7 Å². The zero-order valence-corrected chi connectivity index (χ0v) is 19.3. The van der Waals surface area contributed by atoms with E-state index >= 15 is 0 Å². The van der Waals surface area contributed by atoms with Gasteiger partial charge in [-0.2, -0.15) is 0 Å². The molecule has 0 aliphatic carbocycles. The minimum atomic E-state index is -3.73. The van der Waals surface area contributed by atoms with Crippen LogP contribution in [0.5, 0.6) is 0 Å². The summed E-state index contributed by atoms with van der Waals surface area (Å²) in [4.78, 5) is 35.8. The van der Waals surface area contributed by atoms with Crippen molar-refractivity contribution in [3.05, 3.63) is 72.3 Å². The lowest BCUT2D eigenvalue weighted by molar-refractivity contribution is -0.147. The molecule has 0 radical (unpaired) electrons. The van der Waals surface area contributed by atoms with Crippen LogP contribution in [0, 0.1) is 0 Å². The first-order chi connectivity index (χ1) is 16.3. The molecule has 0 bridgehead atoms. The van der Waals surface area contributed by atoms with E-state index in [0.717, 1.165) is 10.8 Å². The molecule has 3 rings (SSSR count). The Morgan fingerprint density at radius 1 is 0.912 bits per heavy atom. The third kappa shape index (κ3) is 6.63. The fourth-order valence-electron chi connectivity index (χ4n) is 3.14. The topological polar surface area (TPSA) is 128 Å². The van der Waals surface area contributed by atoms with Gasteiger partial charge in [0.25, 0.3) is 5.91 Å². The number of methoxy groups -OCH3 is 1. The highest BCUT2D eigenvalue weighted by molar-refractivity contribution is 7.89. The van der Waals surface area contributed by atoms with Gasteiger partial charge in [0.05, 0.1) is 23.3 Å². The fourth-order valence-corrected chi connectivity index (χ4v) is 4.25. The average Bonchev–Trinajstić information content (AvgIpc) is 2.85. The van der Waals surface area contributed by atoms with Crippen molar-refractivity contribution in [1.82, 2.24) is 4.72 Å². The fraction of sp³-hybridized carbons (Fsp3) is 0.208. The van der Waals surface area contributed by atoms with Gasteiger partial charge in [-0.15, -0.1) is 0 Å². The number of nitrogens with one attached hydrogen (secondary N) is 2. The normalized spacial score (nSPS) is 11.1. The molecule has 0 saturated carbocycles. The van der Waals surface area contributed by atoms with Crippen LogP contribution in [0.25, 0.3) is 10.8 Å². The lowest BCUT2D eigenvalue weighted by Crippen LogP contribution is -2.26. The van der Waals surface area contributed by atoms with Crippen LogP contribution in [0.3, 0.4) is 0 Å². The second kappa shape index (κ2) is 11.4. The molecule has 3 aromatic rings. The predicted octanol–water partition coefficient (Wildman–Crippen LogP) is 2.87. The number of para-hydroxylation sites is 1. The summed E-state index contributed by atoms with van der Waals surface area (Å²) in [5.74, 6) is -1.89. The monoisotopic (exact) mass is 484 g/mol. The van der Waals surface area contributed by atoms with Crippen molar-refractivity contribution < 1.29 is 32.3 Å². The van der Waals surface area contributed by atoms with Gasteiger partial charge in [0.1, 0.15) is 0 Å². The van der Waals surface area contributed by atoms with Gasteiger partial charge in [-0.05, 0) is 41.5 Å². The minimum Gasteiger partial charge on any atom is -0.465 e. The Morgan fingerprint density at radius 2 is 1.62 bits per heavy atom. The van der Waals surface area contributed by atoms with Crippen LogP contribution in [0.2, 0.25) is 0 Å². The van der Waals surface area contributed by atoms with Gasteiger partial charge in [0.15, 0.2) is 6.61 Å². The summed E-state index contributed by atoms with van der Waals surface area (Å²) < 4.78 is 37.0. The summed E-state index contributed by atoms with van der Waals surface area (Å²) in [6.45, 7) is -0.514. The molecule has 0 saturated heterocycles. The highest BCUT2D eigenvalue weighted by Crippen LogP contribution is 2.19. The van der Waals surface area contributed by atoms with E-state index in [1.165, 1.54) is 25.3 Å². The molecule has 0 aliphatic rings. The summed E-state index contributed by atoms with van der Waals surface area (Å²) in [5, 5.41) is 4.23. The molecule has 0 spiro atoms. The maximum absolute atomic E-state index is 12.5. The first-order valence-corrected chi connectivity index (χ1v) is 11.9. The second-order valence-electron chi connectivity index (χ2n) is 7.26. The van der Waals surface area contributed by atoms with E-state index in [0.29, 0.717) is 0 Å². The average molecular weight is 485 g/mol. The van der Waals surface area contributed by atoms with Crippen LogP contribution in [0.4, 0.5) is 5.69 Å². The Labute approximate surface area is 197 Å². The van der Waals surface area contributed by atoms with Gasteiger partial charge in [0.2, 0.25) is 10.0 Å². The number of hydrogen-bond donors (Lipinski definition) is 2. The molecule has 3 aromatic carbocycles. The highest BCUT2D eigenvalue weighted by Gasteiger charge is 2.16. The summed E-state index contributed by atoms with van der Waals surface area (Å²) in [6.07, 6.45) is 0.116. The molecule has 2 N–H and O–H groups in total. The van der Waals surface area contributed by atoms with Crippen LogP contribution in [0.15, 0.2) is 71.6 Å². The van der Waals surface area contributed by atoms with Gasteiger partial charge >= 0.3 is 11.9 Å². The molecule has 178 valence electrons. The lowest BCUT2D eigenvalue weighted by atomic mass is 10.1. The lowest BCUT2D eigenvalue weighted by Gasteiger charge is -2.10. The Balaban J connectivity index is 1.42. The quantitative estimate of drug-likeness (QED) is 0.334. The Kier molecular flexibility index (Phi) is 8.34. The van der Waals surface area contributed by atoms with Gasteiger partial charge in [-0.3, -0.25) is 9.59 Å². The first-order valence-electron chi connectivity index (χ1n) is 10.4. The molecule has 0 heterocycles. The van der Waals surface area contributed by atoms with Crippen LogP contribution in [0.1, 0.15) is 23.2 Å². The van der Waals surface area contributed by atoms with E-state index in [2.05, 4.69) is 14.8 Å². The summed E-state index contributed by atoms with van der Waals surface area (Å²) in [6, 6.07) is 18.5. The number of rotatable bonds is 10. The smallest absolute Gasteiger partial charge is 0.339 e. The number of benzene rings is 3. The van der Waals surface area contributed by atoms with Gasteiger partial charge < -0.3 is 14.8 Å². The summed E-state index contributed by atoms with van der Waals surface area (Å²) >= 11 is 0. The predicted molar refractivity (Wildman–Crippen MR) is 126 cm³/mol. The standard InChI is InChI=1S/C24H24N2O7S/c1-32-24(29)20-9-4-5-10-21(20)26-22(27)16-33-23(28)11-6-14-25-34(30,31)19-13-12-17-7-2-3-8-18(17)15-19/h2-5,7-10,12-13,15,25H,6,11,14,16H2,1H3,(H,26,27). The molecule has 9 nitrogen and oxygen atoms in total. The largest absolute Gasteiger partial charge is 0.465 e.